The van der Waals surface area contributed by atoms with Gasteiger partial charge in [-0.05, 0) is 54.1 Å². The number of rotatable bonds is 60. The van der Waals surface area contributed by atoms with Crippen molar-refractivity contribution in [3.8, 4) is 0 Å². The number of nitrogens with one attached hydrogen (secondary N) is 12. The molecular weight excluding hydrogens is 2030 g/mol. The smallest absolute Gasteiger partial charge is 0.259 e. The zero-order valence-corrected chi connectivity index (χ0v) is 89.2. The average molecular weight is 2180 g/mol. The van der Waals surface area contributed by atoms with E-state index in [-0.39, 0.29) is 134 Å². The number of hydrogen-bond donors (Lipinski definition) is 32. The number of halogens is 8. The molecular formula is C74H140F8N16O16S16. The van der Waals surface area contributed by atoms with E-state index >= 15 is 0 Å². The van der Waals surface area contributed by atoms with Crippen LogP contribution in [0, 0.1) is 23.7 Å². The standard InChI is InChI=1S/C11H20F2N2O2S2.C11H22N2O2S2.C10H18F2N2O2S2.C10H20N2O2S2.C9H16F2N2O2S2.C9H18N2O2S2.C7H12F2N2O2S2.C7H14N2O2S2/c1-3-14-9(17)10(12,6-18)5-8(16)11(13,7-19)15-4-2;1-3-12-9(7-17)10(14)5-8(6-16)11(15)13-4-2;1-3-14-10(12,6-18)7(15)4-9(11,5-17)8(16)13-2;1-3-12-8(6-16)9(13)4-7(5-15)10(14)11-2;1-12-7(15)8(10,4-16)3-6(14)9(11,5-17)13-2;1-10-7(5-15)8(12)3-6(4-14)9(13)11-2;8-6(2-14,5(10)13)1-4(12)7(9,11)3-15;8-5(3-13)6(10)1-4(2-12)7(9)11/h15,18-19H,3-7H2,1-2H3,(H,14,17);8-9,12,16-17H,3-7H2,1-2H3,(H,13,15);14,17-18H,3-6H2,1-2H3,(H,13,16);7-8,12,15-16H,3-6H2,1-2H3,(H,11,14);13,16-17H,3-5H2,1-2H3,(H,12,15);6-7,10,14-15H,3-5H2,1-2H3,(H,11,13);14-15H,1-3,11H2,(H2,10,13);4-5,12-13H,1-3,8H2,(H2,9,11)/t10-,11+;8-,9+;9-,10+;7-,8+;8-,9+;2*6-,7+;4-,5+/m01010101/s1. The van der Waals surface area contributed by atoms with Crippen molar-refractivity contribution in [2.24, 2.45) is 46.6 Å². The van der Waals surface area contributed by atoms with Gasteiger partial charge in [0.2, 0.25) is 69.5 Å². The Morgan fingerprint density at radius 1 is 0.315 bits per heavy atom. The van der Waals surface area contributed by atoms with Crippen molar-refractivity contribution in [1.82, 2.24) is 63.8 Å². The molecule has 0 aliphatic rings. The molecule has 8 amide bonds. The maximum atomic E-state index is 14.3. The number of hydrogen-bond acceptors (Lipinski definition) is 40. The molecule has 130 heavy (non-hydrogen) atoms. The number of primary amides is 2. The fourth-order valence-electron chi connectivity index (χ4n) is 9.40. The molecule has 0 unspecified atom stereocenters. The number of ketones is 8. The third kappa shape index (κ3) is 56.2. The largest absolute Gasteiger partial charge is 0.369 e. The molecule has 0 fully saturated rings. The van der Waals surface area contributed by atoms with Crippen LogP contribution in [0.25, 0.3) is 0 Å². The lowest BCUT2D eigenvalue weighted by atomic mass is 9.95. The molecule has 0 aromatic rings. The molecule has 0 bridgehead atoms. The molecule has 0 aliphatic heterocycles. The number of Topliss-reactive ketones (excluding diaryl/α,β-unsaturated/α-hetero) is 8. The third-order valence-corrected chi connectivity index (χ3v) is 24.8. The molecule has 16 atom stereocenters. The van der Waals surface area contributed by atoms with Crippen molar-refractivity contribution in [1.29, 1.82) is 0 Å². The number of nitrogens with two attached hydrogens (primary N) is 4. The third-order valence-electron chi connectivity index (χ3n) is 17.8. The van der Waals surface area contributed by atoms with Crippen molar-refractivity contribution in [3.05, 3.63) is 0 Å². The highest BCUT2D eigenvalue weighted by molar-refractivity contribution is 7.82. The molecule has 0 aromatic carbocycles. The first kappa shape index (κ1) is 143. The Hall–Kier alpha value is -2.16. The van der Waals surface area contributed by atoms with Gasteiger partial charge in [0.25, 0.3) is 23.6 Å². The zero-order chi connectivity index (χ0) is 104. The summed E-state index contributed by atoms with van der Waals surface area (Å²) in [4.78, 5) is 183. The summed E-state index contributed by atoms with van der Waals surface area (Å²) in [6.45, 7) is 13.1. The minimum absolute atomic E-state index is 0.00449. The van der Waals surface area contributed by atoms with Crippen molar-refractivity contribution in [2.75, 3.05) is 174 Å². The normalized spacial score (nSPS) is 16.3. The number of alkyl halides is 8. The van der Waals surface area contributed by atoms with Gasteiger partial charge >= 0.3 is 0 Å². The van der Waals surface area contributed by atoms with Gasteiger partial charge in [-0.2, -0.15) is 202 Å². The van der Waals surface area contributed by atoms with Crippen LogP contribution < -0.4 is 86.7 Å². The summed E-state index contributed by atoms with van der Waals surface area (Å²) in [5.41, 5.74) is 9.81. The Kier molecular flexibility index (Phi) is 86.6. The lowest BCUT2D eigenvalue weighted by molar-refractivity contribution is -0.141. The van der Waals surface area contributed by atoms with Gasteiger partial charge in [0.05, 0.1) is 73.5 Å². The second-order valence-corrected chi connectivity index (χ2v) is 33.1. The summed E-state index contributed by atoms with van der Waals surface area (Å²) < 4.78 is 111. The first-order chi connectivity index (χ1) is 60.4. The maximum Gasteiger partial charge on any atom is 0.259 e. The van der Waals surface area contributed by atoms with Crippen LogP contribution in [-0.2, 0) is 76.7 Å². The Morgan fingerprint density at radius 2 is 0.615 bits per heavy atom. The molecule has 0 spiro atoms. The zero-order valence-electron chi connectivity index (χ0n) is 74.9. The summed E-state index contributed by atoms with van der Waals surface area (Å²) in [6, 6.07) is -1.47. The summed E-state index contributed by atoms with van der Waals surface area (Å²) in [7, 11) is 8.49. The van der Waals surface area contributed by atoms with Crippen LogP contribution in [-0.4, -0.2) is 337 Å². The van der Waals surface area contributed by atoms with Gasteiger partial charge in [-0.25, -0.2) is 35.1 Å². The molecule has 56 heteroatoms. The highest BCUT2D eigenvalue weighted by Gasteiger charge is 2.50. The number of carbonyl (C=O) groups excluding carboxylic acids is 16. The van der Waals surface area contributed by atoms with E-state index in [4.69, 9.17) is 22.9 Å². The van der Waals surface area contributed by atoms with Crippen LogP contribution >= 0.6 is 202 Å². The van der Waals surface area contributed by atoms with E-state index in [1.165, 1.54) is 21.1 Å². The van der Waals surface area contributed by atoms with Gasteiger partial charge < -0.3 is 65.1 Å². The van der Waals surface area contributed by atoms with Crippen molar-refractivity contribution in [3.63, 3.8) is 0 Å². The van der Waals surface area contributed by atoms with E-state index in [1.54, 1.807) is 41.9 Å². The first-order valence-corrected chi connectivity index (χ1v) is 49.9. The summed E-state index contributed by atoms with van der Waals surface area (Å²) in [5, 5.41) is 29.8. The second kappa shape index (κ2) is 78.6. The Balaban J connectivity index is -0.000000219. The minimum Gasteiger partial charge on any atom is -0.369 e. The number of carbonyl (C=O) groups is 16. The van der Waals surface area contributed by atoms with Crippen molar-refractivity contribution < 1.29 is 112 Å². The number of likely N-dealkylation sites (N-methyl/N-ethyl adjacent to an activating group) is 6. The van der Waals surface area contributed by atoms with Crippen LogP contribution in [0.2, 0.25) is 0 Å². The molecule has 0 aromatic heterocycles. The number of thiol groups is 16. The Labute approximate surface area is 847 Å². The van der Waals surface area contributed by atoms with Crippen molar-refractivity contribution in [2.45, 2.75) is 163 Å². The molecule has 20 N–H and O–H groups in total. The SMILES string of the molecule is CCNC(=O)[C@@H](CS)CC(=O)[C@H](CS)NCC.CCNC(=O)[C@@](F)(CS)CC(=O)[C@@](F)(CS)NCC.CCN[C@@H](CS)C(=O)C[C@H](CS)C(=O)NC.CCN[C@](F)(CS)C(=O)C[C@](F)(CS)C(=O)NC.CNC(=O)[C@@H](CS)CC(=O)[C@H](CS)NC.CNC(=O)[C@@](F)(CS)CC(=O)[C@@](F)(CS)NC.NC(=O)[C@@H](CS)CC(=O)[C@@H](N)CS.NC(=O)[C@@](F)(CS)CC(=O)[C@@](N)(F)CS. The van der Waals surface area contributed by atoms with Crippen LogP contribution in [0.3, 0.4) is 0 Å². The van der Waals surface area contributed by atoms with E-state index in [2.05, 4.69) is 266 Å². The summed E-state index contributed by atoms with van der Waals surface area (Å²) in [6.07, 6.45) is -3.02. The molecule has 0 radical (unpaired) electrons. The molecule has 32 nitrogen and oxygen atoms in total. The molecule has 0 saturated carbocycles. The predicted octanol–water partition coefficient (Wildman–Crippen LogP) is 0.898. The predicted molar refractivity (Wildman–Crippen MR) is 552 cm³/mol. The first-order valence-electron chi connectivity index (χ1n) is 39.8. The van der Waals surface area contributed by atoms with Crippen LogP contribution in [0.5, 0.6) is 0 Å². The Bertz CT molecular complexity index is 3400. The van der Waals surface area contributed by atoms with Gasteiger partial charge in [0.15, 0.2) is 46.3 Å². The van der Waals surface area contributed by atoms with Gasteiger partial charge in [-0.1, -0.05) is 27.7 Å². The molecule has 0 aliphatic carbocycles. The molecule has 0 rings (SSSR count). The van der Waals surface area contributed by atoms with Gasteiger partial charge in [0.1, 0.15) is 0 Å². The van der Waals surface area contributed by atoms with E-state index < -0.39 is 182 Å². The van der Waals surface area contributed by atoms with Crippen molar-refractivity contribution >= 4 is 296 Å². The summed E-state index contributed by atoms with van der Waals surface area (Å²) >= 11 is 61.6. The van der Waals surface area contributed by atoms with Gasteiger partial charge in [-0.15, -0.1) is 0 Å². The second-order valence-electron chi connectivity index (χ2n) is 27.6. The highest BCUT2D eigenvalue weighted by atomic mass is 32.1. The number of amides is 8. The minimum atomic E-state index is -2.77. The fraction of sp³-hybridized carbons (Fsp3) is 0.784. The monoisotopic (exact) mass is 2170 g/mol. The fourth-order valence-corrected chi connectivity index (χ4v) is 14.0. The highest BCUT2D eigenvalue weighted by Crippen LogP contribution is 2.29. The average Bonchev–Trinajstić information content (AvgIpc) is 0.829. The van der Waals surface area contributed by atoms with Gasteiger partial charge in [0, 0.05) is 159 Å². The Morgan fingerprint density at radius 3 is 0.846 bits per heavy atom. The molecule has 764 valence electrons. The lowest BCUT2D eigenvalue weighted by Gasteiger charge is -2.27. The quantitative estimate of drug-likeness (QED) is 0.0228. The maximum absolute atomic E-state index is 14.3. The van der Waals surface area contributed by atoms with Crippen LogP contribution in [0.4, 0.5) is 35.1 Å². The van der Waals surface area contributed by atoms with E-state index in [9.17, 15) is 112 Å². The van der Waals surface area contributed by atoms with Gasteiger partial charge in [-0.3, -0.25) is 98.4 Å². The summed E-state index contributed by atoms with van der Waals surface area (Å²) in [5.74, 6) is -22.6. The van der Waals surface area contributed by atoms with E-state index in [0.29, 0.717) is 54.2 Å². The molecule has 0 saturated heterocycles. The van der Waals surface area contributed by atoms with Crippen LogP contribution in [0.15, 0.2) is 0 Å². The van der Waals surface area contributed by atoms with Crippen LogP contribution in [0.1, 0.15) is 92.9 Å². The van der Waals surface area contributed by atoms with E-state index in [0.717, 1.165) is 0 Å². The lowest BCUT2D eigenvalue weighted by Crippen LogP contribution is -2.54. The van der Waals surface area contributed by atoms with E-state index in [1.807, 2.05) is 20.8 Å². The topological polar surface area (TPSA) is 522 Å². The molecule has 0 heterocycles.